The topological polar surface area (TPSA) is 118 Å². The Balaban J connectivity index is 1.72. The summed E-state index contributed by atoms with van der Waals surface area (Å²) in [5.74, 6) is -1.67. The minimum absolute atomic E-state index is 0.0135. The first kappa shape index (κ1) is 23.6. The van der Waals surface area contributed by atoms with E-state index in [0.717, 1.165) is 9.71 Å². The number of sulfonamides is 1. The van der Waals surface area contributed by atoms with Crippen LogP contribution in [0.5, 0.6) is 0 Å². The number of carbonyl (C=O) groups excluding carboxylic acids is 2. The summed E-state index contributed by atoms with van der Waals surface area (Å²) in [6.07, 6.45) is 1.42. The van der Waals surface area contributed by atoms with Crippen molar-refractivity contribution in [1.29, 1.82) is 0 Å². The van der Waals surface area contributed by atoms with E-state index in [1.54, 1.807) is 30.3 Å². The Kier molecular flexibility index (Phi) is 6.82. The van der Waals surface area contributed by atoms with Crippen molar-refractivity contribution in [1.82, 2.24) is 4.31 Å². The number of amides is 1. The van der Waals surface area contributed by atoms with Crippen molar-refractivity contribution >= 4 is 37.4 Å². The summed E-state index contributed by atoms with van der Waals surface area (Å²) >= 11 is 0. The van der Waals surface area contributed by atoms with E-state index in [-0.39, 0.29) is 16.2 Å². The van der Waals surface area contributed by atoms with Gasteiger partial charge in [0.15, 0.2) is 16.4 Å². The molecule has 32 heavy (non-hydrogen) atoms. The molecule has 0 aliphatic carbocycles. The van der Waals surface area contributed by atoms with Crippen LogP contribution in [0.2, 0.25) is 0 Å². The summed E-state index contributed by atoms with van der Waals surface area (Å²) in [5.41, 5.74) is 0.545. The third-order valence-corrected chi connectivity index (χ3v) is 7.95. The lowest BCUT2D eigenvalue weighted by molar-refractivity contribution is -0.121. The monoisotopic (exact) mass is 478 g/mol. The maximum Gasteiger partial charge on any atom is 0.338 e. The summed E-state index contributed by atoms with van der Waals surface area (Å²) in [6, 6.07) is 12.9. The van der Waals surface area contributed by atoms with Gasteiger partial charge < -0.3 is 9.64 Å². The lowest BCUT2D eigenvalue weighted by Gasteiger charge is -2.27. The highest BCUT2D eigenvalue weighted by molar-refractivity contribution is 7.94. The van der Waals surface area contributed by atoms with E-state index in [2.05, 4.69) is 0 Å². The van der Waals surface area contributed by atoms with Crippen LogP contribution < -0.4 is 4.90 Å². The molecule has 0 saturated carbocycles. The van der Waals surface area contributed by atoms with E-state index in [0.29, 0.717) is 5.69 Å². The molecule has 170 valence electrons. The van der Waals surface area contributed by atoms with Gasteiger partial charge in [-0.1, -0.05) is 18.2 Å². The van der Waals surface area contributed by atoms with E-state index in [9.17, 15) is 26.4 Å². The molecule has 0 spiro atoms. The van der Waals surface area contributed by atoms with Gasteiger partial charge in [-0.25, -0.2) is 25.9 Å². The molecule has 3 rings (SSSR count). The van der Waals surface area contributed by atoms with Gasteiger partial charge in [0.1, 0.15) is 0 Å². The molecule has 0 fully saturated rings. The average Bonchev–Trinajstić information content (AvgIpc) is 3.12. The molecule has 0 aromatic heterocycles. The minimum atomic E-state index is -3.64. The Labute approximate surface area is 186 Å². The van der Waals surface area contributed by atoms with Gasteiger partial charge in [-0.3, -0.25) is 4.79 Å². The van der Waals surface area contributed by atoms with E-state index in [1.165, 1.54) is 49.3 Å². The van der Waals surface area contributed by atoms with Crippen LogP contribution >= 0.6 is 0 Å². The van der Waals surface area contributed by atoms with Crippen LogP contribution in [-0.4, -0.2) is 65.5 Å². The van der Waals surface area contributed by atoms with Gasteiger partial charge in [-0.2, -0.15) is 0 Å². The number of nitrogens with zero attached hydrogens (tertiary/aromatic N) is 2. The number of carbonyl (C=O) groups is 2. The van der Waals surface area contributed by atoms with Gasteiger partial charge in [0.2, 0.25) is 10.0 Å². The number of sulfone groups is 1. The minimum Gasteiger partial charge on any atom is -0.452 e. The first-order valence-corrected chi connectivity index (χ1v) is 12.6. The predicted molar refractivity (Wildman–Crippen MR) is 118 cm³/mol. The van der Waals surface area contributed by atoms with Gasteiger partial charge in [0.05, 0.1) is 22.3 Å². The second-order valence-electron chi connectivity index (χ2n) is 7.21. The highest BCUT2D eigenvalue weighted by Gasteiger charge is 2.32. The van der Waals surface area contributed by atoms with Crippen molar-refractivity contribution in [3.8, 4) is 0 Å². The molecule has 0 radical (unpaired) electrons. The van der Waals surface area contributed by atoms with Gasteiger partial charge >= 0.3 is 5.97 Å². The molecule has 1 heterocycles. The number of para-hydroxylation sites is 1. The molecule has 9 nitrogen and oxygen atoms in total. The predicted octanol–water partition coefficient (Wildman–Crippen LogP) is 1.44. The Morgan fingerprint density at radius 1 is 1.03 bits per heavy atom. The first-order valence-electron chi connectivity index (χ1n) is 9.49. The Bertz CT molecular complexity index is 1240. The number of anilines is 1. The molecule has 1 aliphatic rings. The average molecular weight is 479 g/mol. The maximum absolute atomic E-state index is 12.9. The quantitative estimate of drug-likeness (QED) is 0.553. The summed E-state index contributed by atoms with van der Waals surface area (Å²) in [7, 11) is -4.26. The van der Waals surface area contributed by atoms with Crippen LogP contribution in [0.4, 0.5) is 5.69 Å². The van der Waals surface area contributed by atoms with Gasteiger partial charge in [-0.15, -0.1) is 0 Å². The lowest BCUT2D eigenvalue weighted by atomic mass is 10.2. The van der Waals surface area contributed by atoms with Crippen LogP contribution in [0.15, 0.2) is 71.0 Å². The number of benzene rings is 2. The fraction of sp³-hybridized carbons (Fsp3) is 0.238. The molecule has 11 heteroatoms. The number of hydrogen-bond donors (Lipinski definition) is 0. The summed E-state index contributed by atoms with van der Waals surface area (Å²) in [5, 5.41) is 1.07. The Morgan fingerprint density at radius 2 is 1.66 bits per heavy atom. The zero-order chi connectivity index (χ0) is 23.5. The van der Waals surface area contributed by atoms with Gasteiger partial charge in [0.25, 0.3) is 5.91 Å². The molecule has 0 saturated heterocycles. The third kappa shape index (κ3) is 5.23. The molecular weight excluding hydrogens is 456 g/mol. The number of esters is 1. The highest BCUT2D eigenvalue weighted by Crippen LogP contribution is 2.23. The van der Waals surface area contributed by atoms with Crippen LogP contribution in [-0.2, 0) is 29.4 Å². The molecular formula is C21H22N2O7S2. The second-order valence-corrected chi connectivity index (χ2v) is 11.3. The Morgan fingerprint density at radius 3 is 2.19 bits per heavy atom. The normalized spacial score (nSPS) is 17.3. The molecule has 1 amide bonds. The fourth-order valence-electron chi connectivity index (χ4n) is 3.08. The zero-order valence-corrected chi connectivity index (χ0v) is 19.0. The number of hydrogen-bond acceptors (Lipinski definition) is 7. The molecule has 0 bridgehead atoms. The fourth-order valence-corrected chi connectivity index (χ4v) is 5.25. The molecule has 1 aliphatic heterocycles. The van der Waals surface area contributed by atoms with E-state index < -0.39 is 44.4 Å². The van der Waals surface area contributed by atoms with Crippen molar-refractivity contribution in [3.63, 3.8) is 0 Å². The van der Waals surface area contributed by atoms with E-state index in [4.69, 9.17) is 4.74 Å². The summed E-state index contributed by atoms with van der Waals surface area (Å²) in [4.78, 5) is 26.5. The van der Waals surface area contributed by atoms with Crippen molar-refractivity contribution < 1.29 is 31.2 Å². The SMILES string of the molecule is CN(C)S(=O)(=O)c1ccc(C(=O)OCC(=O)N(c2ccccc2)[C@@H]2C=CS(=O)(=O)C2)cc1. The maximum atomic E-state index is 12.9. The van der Waals surface area contributed by atoms with Crippen molar-refractivity contribution in [2.24, 2.45) is 0 Å². The molecule has 0 unspecified atom stereocenters. The first-order chi connectivity index (χ1) is 15.0. The number of rotatable bonds is 7. The van der Waals surface area contributed by atoms with E-state index in [1.807, 2.05) is 0 Å². The third-order valence-electron chi connectivity index (χ3n) is 4.74. The smallest absolute Gasteiger partial charge is 0.338 e. The molecule has 2 aromatic carbocycles. The lowest BCUT2D eigenvalue weighted by Crippen LogP contribution is -2.43. The van der Waals surface area contributed by atoms with Gasteiger partial charge in [0, 0.05) is 25.2 Å². The van der Waals surface area contributed by atoms with E-state index >= 15 is 0 Å². The van der Waals surface area contributed by atoms with Crippen LogP contribution in [0, 0.1) is 0 Å². The summed E-state index contributed by atoms with van der Waals surface area (Å²) in [6.45, 7) is -0.615. The van der Waals surface area contributed by atoms with Crippen LogP contribution in [0.25, 0.3) is 0 Å². The summed E-state index contributed by atoms with van der Waals surface area (Å²) < 4.78 is 54.1. The standard InChI is InChI=1S/C21H22N2O7S2/c1-22(2)32(28,29)19-10-8-16(9-11-19)21(25)30-14-20(24)23(17-6-4-3-5-7-17)18-12-13-31(26,27)15-18/h3-13,18H,14-15H2,1-2H3/t18-/m1/s1. The van der Waals surface area contributed by atoms with Gasteiger partial charge in [-0.05, 0) is 42.5 Å². The zero-order valence-electron chi connectivity index (χ0n) is 17.4. The largest absolute Gasteiger partial charge is 0.452 e. The molecule has 0 N–H and O–H groups in total. The second kappa shape index (κ2) is 9.23. The molecule has 1 atom stereocenters. The molecule has 2 aromatic rings. The van der Waals surface area contributed by atoms with Crippen molar-refractivity contribution in [3.05, 3.63) is 71.6 Å². The number of ether oxygens (including phenoxy) is 1. The highest BCUT2D eigenvalue weighted by atomic mass is 32.2. The van der Waals surface area contributed by atoms with Crippen LogP contribution in [0.1, 0.15) is 10.4 Å². The van der Waals surface area contributed by atoms with Crippen molar-refractivity contribution in [2.45, 2.75) is 10.9 Å². The van der Waals surface area contributed by atoms with Crippen LogP contribution in [0.3, 0.4) is 0 Å². The Hall–Kier alpha value is -3.02. The van der Waals surface area contributed by atoms with Crippen molar-refractivity contribution in [2.75, 3.05) is 31.4 Å².